The number of nitrogens with zero attached hydrogens (tertiary/aromatic N) is 2. The first-order valence-electron chi connectivity index (χ1n) is 10.4. The molecule has 4 nitrogen and oxygen atoms in total. The van der Waals surface area contributed by atoms with Crippen LogP contribution in [0, 0.1) is 11.6 Å². The van der Waals surface area contributed by atoms with E-state index < -0.39 is 17.0 Å². The molecule has 34 heavy (non-hydrogen) atoms. The smallest absolute Gasteiger partial charge is 0.293 e. The Kier molecular flexibility index (Phi) is 5.98. The van der Waals surface area contributed by atoms with Gasteiger partial charge in [0.25, 0.3) is 11.1 Å². The second-order valence-corrected chi connectivity index (χ2v) is 9.22. The highest BCUT2D eigenvalue weighted by atomic mass is 35.5. The monoisotopic (exact) mass is 494 g/mol. The fourth-order valence-electron chi connectivity index (χ4n) is 3.93. The molecule has 1 aliphatic rings. The molecule has 0 bridgehead atoms. The lowest BCUT2D eigenvalue weighted by Gasteiger charge is -2.13. The number of hydrogen-bond donors (Lipinski definition) is 0. The Labute approximate surface area is 203 Å². The number of aromatic nitrogens is 1. The number of amides is 2. The average molecular weight is 495 g/mol. The molecule has 0 radical (unpaired) electrons. The van der Waals surface area contributed by atoms with E-state index in [9.17, 15) is 18.4 Å². The largest absolute Gasteiger partial charge is 0.342 e. The van der Waals surface area contributed by atoms with E-state index in [-0.39, 0.29) is 22.3 Å². The van der Waals surface area contributed by atoms with Crippen LogP contribution in [0.1, 0.15) is 16.7 Å². The molecule has 0 aliphatic carbocycles. The number of hydrogen-bond acceptors (Lipinski definition) is 3. The Morgan fingerprint density at radius 2 is 1.68 bits per heavy atom. The van der Waals surface area contributed by atoms with E-state index in [4.69, 9.17) is 11.6 Å². The lowest BCUT2D eigenvalue weighted by atomic mass is 10.1. The maximum atomic E-state index is 14.2. The van der Waals surface area contributed by atoms with Crippen molar-refractivity contribution in [1.82, 2.24) is 9.47 Å². The summed E-state index contributed by atoms with van der Waals surface area (Å²) in [5.74, 6) is -1.22. The molecule has 170 valence electrons. The number of imide groups is 1. The van der Waals surface area contributed by atoms with Gasteiger partial charge in [0.2, 0.25) is 0 Å². The molecule has 1 aromatic heterocycles. The Balaban J connectivity index is 1.47. The highest BCUT2D eigenvalue weighted by molar-refractivity contribution is 8.18. The number of carbonyl (C=O) groups excluding carboxylic acids is 2. The maximum Gasteiger partial charge on any atom is 0.293 e. The summed E-state index contributed by atoms with van der Waals surface area (Å²) in [6.07, 6.45) is 3.53. The van der Waals surface area contributed by atoms with Crippen molar-refractivity contribution in [3.8, 4) is 0 Å². The van der Waals surface area contributed by atoms with Crippen LogP contribution in [0.4, 0.5) is 13.6 Å². The van der Waals surface area contributed by atoms with Crippen LogP contribution in [0.5, 0.6) is 0 Å². The second-order valence-electron chi connectivity index (χ2n) is 7.82. The molecule has 8 heteroatoms. The summed E-state index contributed by atoms with van der Waals surface area (Å²) in [7, 11) is 0. The fourth-order valence-corrected chi connectivity index (χ4v) is 4.99. The molecule has 0 saturated carbocycles. The number of benzene rings is 3. The van der Waals surface area contributed by atoms with Crippen LogP contribution < -0.4 is 0 Å². The van der Waals surface area contributed by atoms with Gasteiger partial charge in [-0.2, -0.15) is 0 Å². The SMILES string of the molecule is O=C1S/C(=C\c2cn(Cc3ccccc3F)c3ccccc23)C(=O)N1Cc1ccc(F)cc1Cl. The quantitative estimate of drug-likeness (QED) is 0.285. The van der Waals surface area contributed by atoms with E-state index in [1.165, 1.54) is 18.2 Å². The first-order chi connectivity index (χ1) is 16.4. The summed E-state index contributed by atoms with van der Waals surface area (Å²) in [5, 5.41) is 0.609. The van der Waals surface area contributed by atoms with Gasteiger partial charge in [0, 0.05) is 33.2 Å². The summed E-state index contributed by atoms with van der Waals surface area (Å²) >= 11 is 6.92. The zero-order valence-corrected chi connectivity index (χ0v) is 19.2. The topological polar surface area (TPSA) is 42.3 Å². The van der Waals surface area contributed by atoms with Crippen molar-refractivity contribution in [3.05, 3.63) is 111 Å². The first kappa shape index (κ1) is 22.4. The number of para-hydroxylation sites is 1. The number of carbonyl (C=O) groups is 2. The summed E-state index contributed by atoms with van der Waals surface area (Å²) in [6, 6.07) is 18.1. The van der Waals surface area contributed by atoms with E-state index in [0.717, 1.165) is 39.2 Å². The van der Waals surface area contributed by atoms with Crippen LogP contribution in [0.3, 0.4) is 0 Å². The van der Waals surface area contributed by atoms with Gasteiger partial charge in [-0.15, -0.1) is 0 Å². The van der Waals surface area contributed by atoms with Crippen molar-refractivity contribution >= 4 is 51.5 Å². The lowest BCUT2D eigenvalue weighted by Crippen LogP contribution is -2.27. The van der Waals surface area contributed by atoms with Gasteiger partial charge in [-0.3, -0.25) is 14.5 Å². The minimum Gasteiger partial charge on any atom is -0.342 e. The molecule has 2 amide bonds. The highest BCUT2D eigenvalue weighted by Gasteiger charge is 2.35. The summed E-state index contributed by atoms with van der Waals surface area (Å²) in [6.45, 7) is 0.279. The Hall–Kier alpha value is -3.42. The highest BCUT2D eigenvalue weighted by Crippen LogP contribution is 2.36. The minimum absolute atomic E-state index is 0.0455. The van der Waals surface area contributed by atoms with Crippen molar-refractivity contribution in [3.63, 3.8) is 0 Å². The summed E-state index contributed by atoms with van der Waals surface area (Å²) in [4.78, 5) is 27.0. The molecule has 0 unspecified atom stereocenters. The molecule has 1 saturated heterocycles. The van der Waals surface area contributed by atoms with Crippen molar-refractivity contribution in [2.45, 2.75) is 13.1 Å². The maximum absolute atomic E-state index is 14.2. The van der Waals surface area contributed by atoms with Crippen LogP contribution in [0.25, 0.3) is 17.0 Å². The van der Waals surface area contributed by atoms with Crippen LogP contribution in [-0.4, -0.2) is 20.6 Å². The van der Waals surface area contributed by atoms with Crippen molar-refractivity contribution in [2.75, 3.05) is 0 Å². The van der Waals surface area contributed by atoms with Gasteiger partial charge >= 0.3 is 0 Å². The van der Waals surface area contributed by atoms with Gasteiger partial charge in [-0.05, 0) is 47.7 Å². The van der Waals surface area contributed by atoms with E-state index in [1.54, 1.807) is 24.3 Å². The van der Waals surface area contributed by atoms with E-state index in [0.29, 0.717) is 17.7 Å². The number of fused-ring (bicyclic) bond motifs is 1. The third-order valence-electron chi connectivity index (χ3n) is 5.62. The molecule has 1 aliphatic heterocycles. The van der Waals surface area contributed by atoms with Gasteiger partial charge in [0.15, 0.2) is 0 Å². The van der Waals surface area contributed by atoms with Crippen LogP contribution >= 0.6 is 23.4 Å². The number of halogens is 3. The molecule has 1 fully saturated rings. The molecule has 0 atom stereocenters. The molecule has 0 N–H and O–H groups in total. The molecule has 4 aromatic rings. The van der Waals surface area contributed by atoms with E-state index in [1.807, 2.05) is 35.0 Å². The van der Waals surface area contributed by atoms with Gasteiger partial charge in [0.1, 0.15) is 11.6 Å². The van der Waals surface area contributed by atoms with Gasteiger partial charge in [0.05, 0.1) is 18.0 Å². The average Bonchev–Trinajstić information content (AvgIpc) is 3.29. The van der Waals surface area contributed by atoms with Gasteiger partial charge in [-0.25, -0.2) is 8.78 Å². The Morgan fingerprint density at radius 1 is 0.912 bits per heavy atom. The van der Waals surface area contributed by atoms with Crippen molar-refractivity contribution in [2.24, 2.45) is 0 Å². The standard InChI is InChI=1S/C26H17ClF2N2O2S/c27-21-12-19(28)10-9-16(21)15-31-25(32)24(34-26(31)33)11-18-14-30(23-8-4-2-6-20(18)23)13-17-5-1-3-7-22(17)29/h1-12,14H,13,15H2/b24-11-. The number of rotatable bonds is 5. The zero-order chi connectivity index (χ0) is 23.8. The minimum atomic E-state index is -0.491. The molecule has 0 spiro atoms. The molecular weight excluding hydrogens is 478 g/mol. The third-order valence-corrected chi connectivity index (χ3v) is 6.88. The third kappa shape index (κ3) is 4.24. The van der Waals surface area contributed by atoms with E-state index in [2.05, 4.69) is 0 Å². The molecular formula is C26H17ClF2N2O2S. The Bertz CT molecular complexity index is 1480. The zero-order valence-electron chi connectivity index (χ0n) is 17.7. The molecule has 3 aromatic carbocycles. The van der Waals surface area contributed by atoms with Gasteiger partial charge < -0.3 is 4.57 Å². The lowest BCUT2D eigenvalue weighted by molar-refractivity contribution is -0.123. The fraction of sp³-hybridized carbons (Fsp3) is 0.0769. The number of thioether (sulfide) groups is 1. The van der Waals surface area contributed by atoms with Crippen molar-refractivity contribution in [1.29, 1.82) is 0 Å². The predicted molar refractivity (Wildman–Crippen MR) is 130 cm³/mol. The second kappa shape index (κ2) is 9.08. The summed E-state index contributed by atoms with van der Waals surface area (Å²) in [5.41, 5.74) is 2.66. The molecule has 2 heterocycles. The summed E-state index contributed by atoms with van der Waals surface area (Å²) < 4.78 is 29.5. The van der Waals surface area contributed by atoms with Crippen LogP contribution in [0.2, 0.25) is 5.02 Å². The predicted octanol–water partition coefficient (Wildman–Crippen LogP) is 6.86. The van der Waals surface area contributed by atoms with Gasteiger partial charge in [-0.1, -0.05) is 54.1 Å². The Morgan fingerprint density at radius 3 is 2.47 bits per heavy atom. The van der Waals surface area contributed by atoms with Crippen LogP contribution in [-0.2, 0) is 17.9 Å². The first-order valence-corrected chi connectivity index (χ1v) is 11.6. The molecule has 5 rings (SSSR count). The van der Waals surface area contributed by atoms with E-state index >= 15 is 0 Å². The van der Waals surface area contributed by atoms with Crippen molar-refractivity contribution < 1.29 is 18.4 Å². The van der Waals surface area contributed by atoms with Crippen LogP contribution in [0.15, 0.2) is 77.8 Å². The normalized spacial score (nSPS) is 15.1.